The van der Waals surface area contributed by atoms with Crippen molar-refractivity contribution in [3.8, 4) is 17.2 Å². The molecule has 1 heterocycles. The largest absolute Gasteiger partial charge is 0.493 e. The predicted molar refractivity (Wildman–Crippen MR) is 142 cm³/mol. The normalized spacial score (nSPS) is 14.8. The van der Waals surface area contributed by atoms with Crippen LogP contribution in [0.4, 0.5) is 4.79 Å². The van der Waals surface area contributed by atoms with Gasteiger partial charge in [-0.3, -0.25) is 14.5 Å². The molecule has 3 aromatic carbocycles. The topological polar surface area (TPSA) is 99.2 Å². The van der Waals surface area contributed by atoms with Crippen molar-refractivity contribution < 1.29 is 31.7 Å². The van der Waals surface area contributed by atoms with Crippen molar-refractivity contribution in [1.82, 2.24) is 4.90 Å². The Bertz CT molecular complexity index is 1450. The van der Waals surface area contributed by atoms with Crippen LogP contribution >= 0.6 is 23.4 Å². The molecule has 0 saturated carbocycles. The Morgan fingerprint density at radius 1 is 0.973 bits per heavy atom. The zero-order valence-corrected chi connectivity index (χ0v) is 22.2. The first-order chi connectivity index (χ1) is 17.7. The van der Waals surface area contributed by atoms with E-state index in [1.165, 1.54) is 37.5 Å². The number of methoxy groups -OCH3 is 1. The molecule has 1 aliphatic heterocycles. The highest BCUT2D eigenvalue weighted by Gasteiger charge is 2.35. The lowest BCUT2D eigenvalue weighted by molar-refractivity contribution is -0.123. The third kappa shape index (κ3) is 6.46. The maximum atomic E-state index is 12.8. The van der Waals surface area contributed by atoms with Gasteiger partial charge in [0, 0.05) is 5.02 Å². The molecular weight excluding hydrogens is 538 g/mol. The fourth-order valence-electron chi connectivity index (χ4n) is 3.34. The summed E-state index contributed by atoms with van der Waals surface area (Å²) in [4.78, 5) is 26.5. The molecule has 0 aromatic heterocycles. The Kier molecular flexibility index (Phi) is 8.11. The number of halogens is 1. The number of imide groups is 1. The van der Waals surface area contributed by atoms with Crippen LogP contribution in [0.3, 0.4) is 0 Å². The van der Waals surface area contributed by atoms with Gasteiger partial charge in [0.15, 0.2) is 11.5 Å². The van der Waals surface area contributed by atoms with Crippen LogP contribution in [0.1, 0.15) is 11.1 Å². The minimum absolute atomic E-state index is 0.00678. The summed E-state index contributed by atoms with van der Waals surface area (Å²) in [6.45, 7) is 2.06. The maximum absolute atomic E-state index is 12.8. The molecule has 1 fully saturated rings. The summed E-state index contributed by atoms with van der Waals surface area (Å²) in [5.74, 6) is 0.273. The molecule has 0 aliphatic carbocycles. The van der Waals surface area contributed by atoms with Crippen molar-refractivity contribution in [2.24, 2.45) is 0 Å². The first-order valence-electron chi connectivity index (χ1n) is 11.0. The summed E-state index contributed by atoms with van der Waals surface area (Å²) < 4.78 is 41.5. The van der Waals surface area contributed by atoms with Crippen molar-refractivity contribution in [3.63, 3.8) is 0 Å². The molecule has 3 aromatic rings. The van der Waals surface area contributed by atoms with Crippen molar-refractivity contribution in [2.75, 3.05) is 20.3 Å². The number of thioether (sulfide) groups is 1. The van der Waals surface area contributed by atoms with Gasteiger partial charge < -0.3 is 13.7 Å². The Labute approximate surface area is 223 Å². The molecule has 0 unspecified atom stereocenters. The van der Waals surface area contributed by atoms with E-state index in [1.54, 1.807) is 42.5 Å². The first kappa shape index (κ1) is 26.6. The number of benzene rings is 3. The van der Waals surface area contributed by atoms with E-state index in [0.717, 1.165) is 22.2 Å². The lowest BCUT2D eigenvalue weighted by atomic mass is 10.2. The van der Waals surface area contributed by atoms with E-state index in [2.05, 4.69) is 0 Å². The van der Waals surface area contributed by atoms with Crippen LogP contribution in [0.25, 0.3) is 6.08 Å². The van der Waals surface area contributed by atoms with E-state index < -0.39 is 21.3 Å². The average molecular weight is 560 g/mol. The van der Waals surface area contributed by atoms with Gasteiger partial charge in [-0.1, -0.05) is 35.4 Å². The fraction of sp³-hybridized carbons (Fsp3) is 0.154. The summed E-state index contributed by atoms with van der Waals surface area (Å²) in [5.41, 5.74) is 1.44. The van der Waals surface area contributed by atoms with Crippen molar-refractivity contribution in [3.05, 3.63) is 87.8 Å². The van der Waals surface area contributed by atoms with Gasteiger partial charge in [0.05, 0.1) is 18.6 Å². The van der Waals surface area contributed by atoms with E-state index in [0.29, 0.717) is 16.3 Å². The molecule has 8 nitrogen and oxygen atoms in total. The van der Waals surface area contributed by atoms with Gasteiger partial charge in [0.2, 0.25) is 0 Å². The summed E-state index contributed by atoms with van der Waals surface area (Å²) in [6, 6.07) is 17.6. The lowest BCUT2D eigenvalue weighted by Gasteiger charge is -2.13. The van der Waals surface area contributed by atoms with Gasteiger partial charge in [-0.15, -0.1) is 0 Å². The van der Waals surface area contributed by atoms with Crippen LogP contribution in [0, 0.1) is 6.92 Å². The second kappa shape index (κ2) is 11.3. The monoisotopic (exact) mass is 559 g/mol. The number of hydrogen-bond acceptors (Lipinski definition) is 8. The number of amides is 2. The number of rotatable bonds is 9. The summed E-state index contributed by atoms with van der Waals surface area (Å²) in [7, 11) is -2.70. The zero-order valence-electron chi connectivity index (χ0n) is 19.8. The summed E-state index contributed by atoms with van der Waals surface area (Å²) in [5, 5.41) is 0.166. The van der Waals surface area contributed by atoms with Crippen LogP contribution in [0.15, 0.2) is 76.5 Å². The molecule has 192 valence electrons. The zero-order chi connectivity index (χ0) is 26.6. The molecule has 0 N–H and O–H groups in total. The summed E-state index contributed by atoms with van der Waals surface area (Å²) >= 11 is 6.66. The standard InChI is InChI=1S/C26H22ClNO7S2/c1-17-3-10-21(11-4-17)37(31,32)35-22-12-5-18(15-23(22)33-2)16-24-25(29)28(26(30)36-24)13-14-34-20-8-6-19(27)7-9-20/h3-12,15-16H,13-14H2,1-2H3/b24-16-. The fourth-order valence-corrected chi connectivity index (χ4v) is 5.27. The second-order valence-electron chi connectivity index (χ2n) is 7.90. The first-order valence-corrected chi connectivity index (χ1v) is 13.6. The van der Waals surface area contributed by atoms with E-state index in [1.807, 2.05) is 6.92 Å². The molecule has 0 radical (unpaired) electrons. The van der Waals surface area contributed by atoms with Gasteiger partial charge >= 0.3 is 10.1 Å². The Morgan fingerprint density at radius 2 is 1.68 bits per heavy atom. The second-order valence-corrected chi connectivity index (χ2v) is 10.9. The highest BCUT2D eigenvalue weighted by molar-refractivity contribution is 8.18. The number of carbonyl (C=O) groups is 2. The molecule has 1 saturated heterocycles. The number of ether oxygens (including phenoxy) is 2. The smallest absolute Gasteiger partial charge is 0.339 e. The van der Waals surface area contributed by atoms with Crippen LogP contribution < -0.4 is 13.7 Å². The van der Waals surface area contributed by atoms with Crippen molar-refractivity contribution in [1.29, 1.82) is 0 Å². The highest BCUT2D eigenvalue weighted by Crippen LogP contribution is 2.35. The third-order valence-electron chi connectivity index (χ3n) is 5.27. The number of carbonyl (C=O) groups excluding carboxylic acids is 2. The number of nitrogens with zero attached hydrogens (tertiary/aromatic N) is 1. The third-order valence-corrected chi connectivity index (χ3v) is 7.67. The van der Waals surface area contributed by atoms with Crippen molar-refractivity contribution >= 4 is 50.7 Å². The van der Waals surface area contributed by atoms with Crippen LogP contribution in [-0.2, 0) is 14.9 Å². The van der Waals surface area contributed by atoms with E-state index in [4.69, 9.17) is 25.3 Å². The van der Waals surface area contributed by atoms with Gasteiger partial charge in [0.25, 0.3) is 11.1 Å². The van der Waals surface area contributed by atoms with Gasteiger partial charge in [0.1, 0.15) is 17.3 Å². The van der Waals surface area contributed by atoms with Crippen LogP contribution in [0.2, 0.25) is 5.02 Å². The number of aryl methyl sites for hydroxylation is 1. The lowest BCUT2D eigenvalue weighted by Crippen LogP contribution is -2.32. The molecule has 1 aliphatic rings. The Balaban J connectivity index is 1.45. The van der Waals surface area contributed by atoms with Gasteiger partial charge in [-0.2, -0.15) is 8.42 Å². The SMILES string of the molecule is COc1cc(/C=C2\SC(=O)N(CCOc3ccc(Cl)cc3)C2=O)ccc1OS(=O)(=O)c1ccc(C)cc1. The molecular formula is C26H22ClNO7S2. The minimum Gasteiger partial charge on any atom is -0.493 e. The van der Waals surface area contributed by atoms with E-state index in [9.17, 15) is 18.0 Å². The van der Waals surface area contributed by atoms with Crippen LogP contribution in [-0.4, -0.2) is 44.7 Å². The van der Waals surface area contributed by atoms with Crippen molar-refractivity contribution in [2.45, 2.75) is 11.8 Å². The molecule has 0 bridgehead atoms. The quantitative estimate of drug-likeness (QED) is 0.249. The molecule has 11 heteroatoms. The van der Waals surface area contributed by atoms with Gasteiger partial charge in [-0.05, 0) is 78.9 Å². The van der Waals surface area contributed by atoms with E-state index in [-0.39, 0.29) is 34.5 Å². The highest BCUT2D eigenvalue weighted by atomic mass is 35.5. The predicted octanol–water partition coefficient (Wildman–Crippen LogP) is 5.54. The molecule has 4 rings (SSSR count). The average Bonchev–Trinajstić information content (AvgIpc) is 3.13. The molecule has 0 spiro atoms. The molecule has 2 amide bonds. The maximum Gasteiger partial charge on any atom is 0.339 e. The Morgan fingerprint density at radius 3 is 2.35 bits per heavy atom. The Hall–Kier alpha value is -3.47. The molecule has 0 atom stereocenters. The molecule has 37 heavy (non-hydrogen) atoms. The minimum atomic E-state index is -4.08. The van der Waals surface area contributed by atoms with Gasteiger partial charge in [-0.25, -0.2) is 0 Å². The summed E-state index contributed by atoms with van der Waals surface area (Å²) in [6.07, 6.45) is 1.53. The van der Waals surface area contributed by atoms with Crippen LogP contribution in [0.5, 0.6) is 17.2 Å². The number of hydrogen-bond donors (Lipinski definition) is 0. The van der Waals surface area contributed by atoms with E-state index >= 15 is 0 Å².